The van der Waals surface area contributed by atoms with E-state index in [9.17, 15) is 4.79 Å². The molecule has 1 fully saturated rings. The van der Waals surface area contributed by atoms with Gasteiger partial charge in [-0.15, -0.1) is 0 Å². The van der Waals surface area contributed by atoms with Crippen molar-refractivity contribution in [3.05, 3.63) is 0 Å². The minimum absolute atomic E-state index is 0.0208. The average Bonchev–Trinajstić information content (AvgIpc) is 2.27. The van der Waals surface area contributed by atoms with E-state index in [2.05, 4.69) is 40.0 Å². The van der Waals surface area contributed by atoms with E-state index in [1.165, 1.54) is 0 Å². The van der Waals surface area contributed by atoms with E-state index >= 15 is 0 Å². The van der Waals surface area contributed by atoms with Gasteiger partial charge in [0.15, 0.2) is 0 Å². The summed E-state index contributed by atoms with van der Waals surface area (Å²) < 4.78 is 0.779. The van der Waals surface area contributed by atoms with Crippen LogP contribution in [0.3, 0.4) is 0 Å². The van der Waals surface area contributed by atoms with E-state index in [1.54, 1.807) is 6.92 Å². The maximum atomic E-state index is 11.8. The van der Waals surface area contributed by atoms with E-state index in [0.717, 1.165) is 24.1 Å². The molecule has 5 nitrogen and oxygen atoms in total. The summed E-state index contributed by atoms with van der Waals surface area (Å²) in [5.74, 6) is 0.454. The highest BCUT2D eigenvalue weighted by Crippen LogP contribution is 2.36. The van der Waals surface area contributed by atoms with Crippen LogP contribution in [-0.2, 0) is 4.79 Å². The number of likely N-dealkylation sites (N-methyl/N-ethyl adjacent to an activating group) is 1. The third kappa shape index (κ3) is 2.78. The van der Waals surface area contributed by atoms with Crippen molar-refractivity contribution in [3.63, 3.8) is 0 Å². The van der Waals surface area contributed by atoms with Gasteiger partial charge in [0.2, 0.25) is 5.91 Å². The Morgan fingerprint density at radius 3 is 2.26 bits per heavy atom. The molecule has 1 heterocycles. The first-order valence-electron chi connectivity index (χ1n) is 7.14. The molecular formula is C14H31N4O+. The molecule has 0 aromatic carbocycles. The molecule has 1 rings (SSSR count). The fourth-order valence-corrected chi connectivity index (χ4v) is 3.51. The van der Waals surface area contributed by atoms with Crippen LogP contribution in [0.15, 0.2) is 0 Å². The summed E-state index contributed by atoms with van der Waals surface area (Å²) in [6, 6.07) is -0.0208. The molecule has 1 amide bonds. The lowest BCUT2D eigenvalue weighted by molar-refractivity contribution is -0.988. The zero-order valence-corrected chi connectivity index (χ0v) is 13.6. The standard InChI is InChI=1S/C14H31N4O/c1-8-14(16(4)12(3)19)11(2)9-17(10-13(14)15)18(5,6)7/h11,13H,8-10,15H2,1-7H3/q+1. The van der Waals surface area contributed by atoms with Gasteiger partial charge in [-0.3, -0.25) is 9.39 Å². The van der Waals surface area contributed by atoms with Gasteiger partial charge in [0.1, 0.15) is 0 Å². The molecule has 1 aliphatic rings. The van der Waals surface area contributed by atoms with Crippen LogP contribution in [0.4, 0.5) is 0 Å². The number of hydrogen-bond acceptors (Lipinski definition) is 3. The number of nitrogens with two attached hydrogens (primary N) is 1. The maximum Gasteiger partial charge on any atom is 0.219 e. The molecule has 0 radical (unpaired) electrons. The molecule has 19 heavy (non-hydrogen) atoms. The smallest absolute Gasteiger partial charge is 0.219 e. The van der Waals surface area contributed by atoms with E-state index < -0.39 is 0 Å². The Morgan fingerprint density at radius 2 is 1.95 bits per heavy atom. The Kier molecular flexibility index (Phi) is 4.65. The highest BCUT2D eigenvalue weighted by Gasteiger charge is 2.51. The molecule has 0 saturated carbocycles. The van der Waals surface area contributed by atoms with Crippen LogP contribution in [0.5, 0.6) is 0 Å². The molecule has 5 heteroatoms. The highest BCUT2D eigenvalue weighted by atomic mass is 16.2. The molecule has 3 unspecified atom stereocenters. The third-order valence-corrected chi connectivity index (χ3v) is 4.90. The molecule has 3 atom stereocenters. The number of piperidine rings is 1. The number of carbonyl (C=O) groups excluding carboxylic acids is 1. The summed E-state index contributed by atoms with van der Waals surface area (Å²) in [7, 11) is 8.37. The average molecular weight is 271 g/mol. The Balaban J connectivity index is 3.07. The van der Waals surface area contributed by atoms with Gasteiger partial charge in [-0.25, -0.2) is 0 Å². The number of hydrogen-bond donors (Lipinski definition) is 1. The van der Waals surface area contributed by atoms with Crippen LogP contribution in [0.1, 0.15) is 27.2 Å². The first-order chi connectivity index (χ1) is 8.57. The van der Waals surface area contributed by atoms with Gasteiger partial charge in [0.25, 0.3) is 0 Å². The lowest BCUT2D eigenvalue weighted by atomic mass is 9.72. The monoisotopic (exact) mass is 271 g/mol. The first-order valence-corrected chi connectivity index (χ1v) is 7.14. The minimum Gasteiger partial charge on any atom is -0.338 e. The molecule has 112 valence electrons. The van der Waals surface area contributed by atoms with Gasteiger partial charge < -0.3 is 10.6 Å². The van der Waals surface area contributed by atoms with Crippen molar-refractivity contribution in [2.45, 2.75) is 38.8 Å². The van der Waals surface area contributed by atoms with Gasteiger partial charge in [-0.1, -0.05) is 13.8 Å². The van der Waals surface area contributed by atoms with Crippen molar-refractivity contribution in [2.24, 2.45) is 11.7 Å². The largest absolute Gasteiger partial charge is 0.338 e. The molecule has 0 aromatic rings. The van der Waals surface area contributed by atoms with Crippen LogP contribution < -0.4 is 5.73 Å². The second-order valence-corrected chi connectivity index (χ2v) is 6.74. The van der Waals surface area contributed by atoms with Crippen molar-refractivity contribution in [1.82, 2.24) is 9.91 Å². The normalized spacial score (nSPS) is 33.3. The number of amides is 1. The number of rotatable bonds is 3. The summed E-state index contributed by atoms with van der Waals surface area (Å²) in [4.78, 5) is 13.7. The second-order valence-electron chi connectivity index (χ2n) is 6.74. The highest BCUT2D eigenvalue weighted by molar-refractivity contribution is 5.74. The number of quaternary nitrogens is 1. The minimum atomic E-state index is -0.225. The fraction of sp³-hybridized carbons (Fsp3) is 0.929. The predicted molar refractivity (Wildman–Crippen MR) is 78.2 cm³/mol. The second kappa shape index (κ2) is 5.38. The fourth-order valence-electron chi connectivity index (χ4n) is 3.51. The SMILES string of the molecule is CCC1(N(C)C(C)=O)C(C)CN([N+](C)(C)C)CC1N. The van der Waals surface area contributed by atoms with E-state index in [1.807, 2.05) is 11.9 Å². The summed E-state index contributed by atoms with van der Waals surface area (Å²) in [5.41, 5.74) is 6.27. The van der Waals surface area contributed by atoms with E-state index in [0.29, 0.717) is 5.92 Å². The van der Waals surface area contributed by atoms with E-state index in [4.69, 9.17) is 5.73 Å². The maximum absolute atomic E-state index is 11.8. The zero-order valence-electron chi connectivity index (χ0n) is 13.6. The molecule has 2 N–H and O–H groups in total. The first kappa shape index (κ1) is 16.4. The summed E-state index contributed by atoms with van der Waals surface area (Å²) in [5, 5.41) is 2.37. The number of nitrogens with zero attached hydrogens (tertiary/aromatic N) is 3. The van der Waals surface area contributed by atoms with E-state index in [-0.39, 0.29) is 17.5 Å². The Hall–Kier alpha value is -0.650. The molecule has 1 saturated heterocycles. The van der Waals surface area contributed by atoms with Gasteiger partial charge in [-0.2, -0.15) is 5.01 Å². The van der Waals surface area contributed by atoms with Crippen molar-refractivity contribution in [1.29, 1.82) is 0 Å². The molecule has 0 aromatic heterocycles. The Bertz CT molecular complexity index is 325. The van der Waals surface area contributed by atoms with Crippen LogP contribution in [0.2, 0.25) is 0 Å². The summed E-state index contributed by atoms with van der Waals surface area (Å²) >= 11 is 0. The van der Waals surface area contributed by atoms with Crippen LogP contribution in [-0.4, -0.2) is 73.3 Å². The Labute approximate surface area is 117 Å². The Morgan fingerprint density at radius 1 is 1.42 bits per heavy atom. The third-order valence-electron chi connectivity index (χ3n) is 4.90. The van der Waals surface area contributed by atoms with Crippen molar-refractivity contribution >= 4 is 5.91 Å². The summed E-state index contributed by atoms with van der Waals surface area (Å²) in [6.45, 7) is 7.76. The van der Waals surface area contributed by atoms with Crippen LogP contribution in [0, 0.1) is 5.92 Å². The van der Waals surface area contributed by atoms with Gasteiger partial charge >= 0.3 is 0 Å². The molecule has 1 aliphatic heterocycles. The number of carbonyl (C=O) groups is 1. The van der Waals surface area contributed by atoms with Crippen LogP contribution in [0.25, 0.3) is 0 Å². The van der Waals surface area contributed by atoms with Crippen molar-refractivity contribution in [3.8, 4) is 0 Å². The quantitative estimate of drug-likeness (QED) is 0.761. The van der Waals surface area contributed by atoms with Gasteiger partial charge in [-0.05, 0) is 12.3 Å². The predicted octanol–water partition coefficient (Wildman–Crippen LogP) is 0.514. The lowest BCUT2D eigenvalue weighted by Gasteiger charge is -2.56. The van der Waals surface area contributed by atoms with Crippen LogP contribution >= 0.6 is 0 Å². The van der Waals surface area contributed by atoms with Gasteiger partial charge in [0, 0.05) is 20.0 Å². The molecular weight excluding hydrogens is 240 g/mol. The van der Waals surface area contributed by atoms with Gasteiger partial charge in [0.05, 0.1) is 39.8 Å². The molecule has 0 bridgehead atoms. The van der Waals surface area contributed by atoms with Crippen molar-refractivity contribution < 1.29 is 9.39 Å². The lowest BCUT2D eigenvalue weighted by Crippen LogP contribution is -2.74. The zero-order chi connectivity index (χ0) is 15.0. The topological polar surface area (TPSA) is 49.6 Å². The summed E-state index contributed by atoms with van der Waals surface area (Å²) in [6.07, 6.45) is 0.899. The molecule has 0 spiro atoms. The molecule has 0 aliphatic carbocycles. The van der Waals surface area contributed by atoms with Crippen molar-refractivity contribution in [2.75, 3.05) is 41.3 Å².